The van der Waals surface area contributed by atoms with Gasteiger partial charge in [-0.15, -0.1) is 0 Å². The van der Waals surface area contributed by atoms with Crippen molar-refractivity contribution >= 4 is 5.91 Å². The molecule has 0 unspecified atom stereocenters. The van der Waals surface area contributed by atoms with Crippen LogP contribution in [0.4, 0.5) is 0 Å². The maximum absolute atomic E-state index is 12.4. The Morgan fingerprint density at radius 2 is 2.19 bits per heavy atom. The molecule has 1 fully saturated rings. The Labute approximate surface area is 125 Å². The third-order valence-electron chi connectivity index (χ3n) is 3.58. The van der Waals surface area contributed by atoms with E-state index < -0.39 is 0 Å². The molecule has 0 radical (unpaired) electrons. The molecule has 1 atom stereocenters. The van der Waals surface area contributed by atoms with Crippen molar-refractivity contribution in [3.8, 4) is 0 Å². The highest BCUT2D eigenvalue weighted by Gasteiger charge is 2.32. The zero-order chi connectivity index (χ0) is 15.4. The van der Waals surface area contributed by atoms with Crippen LogP contribution in [0.2, 0.25) is 0 Å². The Kier molecular flexibility index (Phi) is 5.30. The number of amides is 1. The molecule has 1 amide bonds. The van der Waals surface area contributed by atoms with Crippen molar-refractivity contribution in [2.75, 3.05) is 26.7 Å². The van der Waals surface area contributed by atoms with Crippen molar-refractivity contribution in [3.05, 3.63) is 11.7 Å². The fourth-order valence-corrected chi connectivity index (χ4v) is 2.53. The molecule has 7 heteroatoms. The van der Waals surface area contributed by atoms with E-state index in [-0.39, 0.29) is 11.9 Å². The average Bonchev–Trinajstić information content (AvgIpc) is 2.86. The SMILES string of the molecule is COCc1noc(CN2CCN(CC(C)C)C(=O)[C@@H]2C)n1. The van der Waals surface area contributed by atoms with Gasteiger partial charge in [0.2, 0.25) is 11.8 Å². The molecule has 1 saturated heterocycles. The first-order chi connectivity index (χ1) is 10.0. The van der Waals surface area contributed by atoms with Gasteiger partial charge < -0.3 is 14.2 Å². The van der Waals surface area contributed by atoms with Crippen LogP contribution in [-0.4, -0.2) is 58.6 Å². The van der Waals surface area contributed by atoms with E-state index in [2.05, 4.69) is 28.9 Å². The minimum Gasteiger partial charge on any atom is -0.377 e. The van der Waals surface area contributed by atoms with Gasteiger partial charge in [-0.1, -0.05) is 19.0 Å². The van der Waals surface area contributed by atoms with Crippen molar-refractivity contribution in [2.24, 2.45) is 5.92 Å². The van der Waals surface area contributed by atoms with Crippen molar-refractivity contribution in [3.63, 3.8) is 0 Å². The summed E-state index contributed by atoms with van der Waals surface area (Å²) in [6.07, 6.45) is 0. The molecule has 1 aliphatic heterocycles. The van der Waals surface area contributed by atoms with Gasteiger partial charge >= 0.3 is 0 Å². The minimum absolute atomic E-state index is 0.157. The molecule has 0 spiro atoms. The average molecular weight is 296 g/mol. The van der Waals surface area contributed by atoms with E-state index in [1.54, 1.807) is 7.11 Å². The molecule has 1 aliphatic rings. The van der Waals surface area contributed by atoms with Crippen LogP contribution in [0.5, 0.6) is 0 Å². The summed E-state index contributed by atoms with van der Waals surface area (Å²) in [5, 5.41) is 3.84. The predicted octanol–water partition coefficient (Wildman–Crippen LogP) is 0.905. The summed E-state index contributed by atoms with van der Waals surface area (Å²) in [5.41, 5.74) is 0. The summed E-state index contributed by atoms with van der Waals surface area (Å²) in [6, 6.07) is -0.157. The Morgan fingerprint density at radius 1 is 1.43 bits per heavy atom. The topological polar surface area (TPSA) is 71.7 Å². The van der Waals surface area contributed by atoms with E-state index in [1.807, 2.05) is 11.8 Å². The van der Waals surface area contributed by atoms with Gasteiger partial charge in [-0.3, -0.25) is 9.69 Å². The van der Waals surface area contributed by atoms with Gasteiger partial charge in [-0.25, -0.2) is 0 Å². The number of carbonyl (C=O) groups is 1. The summed E-state index contributed by atoms with van der Waals surface area (Å²) in [6.45, 7) is 9.40. The Bertz CT molecular complexity index is 475. The fourth-order valence-electron chi connectivity index (χ4n) is 2.53. The quantitative estimate of drug-likeness (QED) is 0.777. The molecule has 0 N–H and O–H groups in total. The molecule has 0 bridgehead atoms. The molecule has 118 valence electrons. The number of hydrogen-bond acceptors (Lipinski definition) is 6. The van der Waals surface area contributed by atoms with Crippen molar-refractivity contribution < 1.29 is 14.1 Å². The standard InChI is InChI=1S/C14H24N4O3/c1-10(2)7-18-6-5-17(11(3)14(18)19)8-13-15-12(9-20-4)16-21-13/h10-11H,5-9H2,1-4H3/t11-/m0/s1. The van der Waals surface area contributed by atoms with Gasteiger partial charge in [0.1, 0.15) is 6.61 Å². The monoisotopic (exact) mass is 296 g/mol. The van der Waals surface area contributed by atoms with Crippen LogP contribution >= 0.6 is 0 Å². The van der Waals surface area contributed by atoms with Crippen molar-refractivity contribution in [1.29, 1.82) is 0 Å². The van der Waals surface area contributed by atoms with Crippen LogP contribution in [0.25, 0.3) is 0 Å². The number of methoxy groups -OCH3 is 1. The van der Waals surface area contributed by atoms with Gasteiger partial charge in [0.15, 0.2) is 5.82 Å². The van der Waals surface area contributed by atoms with Crippen LogP contribution in [0.1, 0.15) is 32.5 Å². The first-order valence-corrected chi connectivity index (χ1v) is 7.34. The van der Waals surface area contributed by atoms with E-state index in [1.165, 1.54) is 0 Å². The summed E-state index contributed by atoms with van der Waals surface area (Å²) in [7, 11) is 1.59. The highest BCUT2D eigenvalue weighted by Crippen LogP contribution is 2.15. The number of piperazine rings is 1. The number of ether oxygens (including phenoxy) is 1. The van der Waals surface area contributed by atoms with Crippen LogP contribution in [0.3, 0.4) is 0 Å². The van der Waals surface area contributed by atoms with Gasteiger partial charge in [0.05, 0.1) is 12.6 Å². The molecule has 0 aromatic carbocycles. The third-order valence-corrected chi connectivity index (χ3v) is 3.58. The molecular formula is C14H24N4O3. The second kappa shape index (κ2) is 7.00. The lowest BCUT2D eigenvalue weighted by atomic mass is 10.1. The molecule has 21 heavy (non-hydrogen) atoms. The van der Waals surface area contributed by atoms with Gasteiger partial charge in [-0.05, 0) is 12.8 Å². The third kappa shape index (κ3) is 4.01. The van der Waals surface area contributed by atoms with Gasteiger partial charge in [0.25, 0.3) is 0 Å². The zero-order valence-electron chi connectivity index (χ0n) is 13.2. The van der Waals surface area contributed by atoms with Gasteiger partial charge in [-0.2, -0.15) is 4.98 Å². The second-order valence-corrected chi connectivity index (χ2v) is 5.86. The zero-order valence-corrected chi connectivity index (χ0v) is 13.2. The number of hydrogen-bond donors (Lipinski definition) is 0. The summed E-state index contributed by atoms with van der Waals surface area (Å²) < 4.78 is 10.1. The Hall–Kier alpha value is -1.47. The maximum atomic E-state index is 12.4. The first-order valence-electron chi connectivity index (χ1n) is 7.34. The summed E-state index contributed by atoms with van der Waals surface area (Å²) in [5.74, 6) is 1.72. The van der Waals surface area contributed by atoms with E-state index >= 15 is 0 Å². The maximum Gasteiger partial charge on any atom is 0.240 e. The van der Waals surface area contributed by atoms with Crippen LogP contribution in [0.15, 0.2) is 4.52 Å². The summed E-state index contributed by atoms with van der Waals surface area (Å²) >= 11 is 0. The lowest BCUT2D eigenvalue weighted by molar-refractivity contribution is -0.142. The highest BCUT2D eigenvalue weighted by molar-refractivity contribution is 5.82. The van der Waals surface area contributed by atoms with E-state index in [0.29, 0.717) is 30.8 Å². The summed E-state index contributed by atoms with van der Waals surface area (Å²) in [4.78, 5) is 20.6. The molecule has 1 aromatic rings. The smallest absolute Gasteiger partial charge is 0.240 e. The number of rotatable bonds is 6. The lowest BCUT2D eigenvalue weighted by Gasteiger charge is -2.39. The van der Waals surface area contributed by atoms with E-state index in [4.69, 9.17) is 9.26 Å². The number of aromatic nitrogens is 2. The predicted molar refractivity (Wildman–Crippen MR) is 76.3 cm³/mol. The second-order valence-electron chi connectivity index (χ2n) is 5.86. The largest absolute Gasteiger partial charge is 0.377 e. The normalized spacial score (nSPS) is 20.5. The molecule has 1 aromatic heterocycles. The van der Waals surface area contributed by atoms with E-state index in [0.717, 1.165) is 19.6 Å². The first kappa shape index (κ1) is 15.9. The number of carbonyl (C=O) groups excluding carboxylic acids is 1. The van der Waals surface area contributed by atoms with Crippen molar-refractivity contribution in [2.45, 2.75) is 40.0 Å². The molecule has 0 aliphatic carbocycles. The molecular weight excluding hydrogens is 272 g/mol. The van der Waals surface area contributed by atoms with Crippen LogP contribution in [-0.2, 0) is 22.7 Å². The molecule has 0 saturated carbocycles. The fraction of sp³-hybridized carbons (Fsp3) is 0.786. The number of nitrogens with zero attached hydrogens (tertiary/aromatic N) is 4. The van der Waals surface area contributed by atoms with Crippen LogP contribution < -0.4 is 0 Å². The van der Waals surface area contributed by atoms with Crippen molar-refractivity contribution in [1.82, 2.24) is 19.9 Å². The minimum atomic E-state index is -0.157. The highest BCUT2D eigenvalue weighted by atomic mass is 16.5. The molecule has 2 heterocycles. The molecule has 2 rings (SSSR count). The van der Waals surface area contributed by atoms with Gasteiger partial charge in [0, 0.05) is 26.7 Å². The van der Waals surface area contributed by atoms with Crippen LogP contribution in [0, 0.1) is 5.92 Å². The Balaban J connectivity index is 1.94. The van der Waals surface area contributed by atoms with E-state index in [9.17, 15) is 4.79 Å². The lowest BCUT2D eigenvalue weighted by Crippen LogP contribution is -2.56. The Morgan fingerprint density at radius 3 is 2.86 bits per heavy atom. The molecule has 7 nitrogen and oxygen atoms in total.